The number of nitro groups is 1. The Kier molecular flexibility index (Phi) is 9.43. The summed E-state index contributed by atoms with van der Waals surface area (Å²) in [4.78, 5) is 35.8. The highest BCUT2D eigenvalue weighted by Crippen LogP contribution is 2.38. The van der Waals surface area contributed by atoms with Crippen LogP contribution in [0.2, 0.25) is 5.02 Å². The van der Waals surface area contributed by atoms with Crippen molar-refractivity contribution in [2.75, 3.05) is 19.0 Å². The SMILES string of the molecule is CCOc1cc(/C=C(\C#N)C(=O)Nc2ccc(Cl)c([N+](=O)[O-])c2)cc(Br)c1OC(=O)c1ccc(OC)cc1. The first-order valence-electron chi connectivity index (χ1n) is 10.9. The van der Waals surface area contributed by atoms with Crippen molar-refractivity contribution in [3.05, 3.63) is 90.9 Å². The van der Waals surface area contributed by atoms with Gasteiger partial charge in [-0.05, 0) is 83.0 Å². The van der Waals surface area contributed by atoms with E-state index in [1.807, 2.05) is 0 Å². The number of hydrogen-bond acceptors (Lipinski definition) is 8. The van der Waals surface area contributed by atoms with Gasteiger partial charge < -0.3 is 19.5 Å². The summed E-state index contributed by atoms with van der Waals surface area (Å²) in [6.07, 6.45) is 1.29. The molecule has 0 atom stereocenters. The molecule has 1 amide bonds. The van der Waals surface area contributed by atoms with Gasteiger partial charge in [-0.3, -0.25) is 14.9 Å². The number of halogens is 2. The predicted octanol–water partition coefficient (Wildman–Crippen LogP) is 6.18. The van der Waals surface area contributed by atoms with Crippen molar-refractivity contribution in [2.24, 2.45) is 0 Å². The number of carbonyl (C=O) groups excluding carboxylic acids is 2. The molecule has 0 heterocycles. The molecule has 0 unspecified atom stereocenters. The smallest absolute Gasteiger partial charge is 0.343 e. The number of benzene rings is 3. The van der Waals surface area contributed by atoms with E-state index in [0.29, 0.717) is 15.8 Å². The predicted molar refractivity (Wildman–Crippen MR) is 144 cm³/mol. The lowest BCUT2D eigenvalue weighted by molar-refractivity contribution is -0.384. The maximum Gasteiger partial charge on any atom is 0.343 e. The van der Waals surface area contributed by atoms with Gasteiger partial charge in [0, 0.05) is 11.8 Å². The molecule has 0 radical (unpaired) electrons. The minimum absolute atomic E-state index is 0.0872. The second kappa shape index (κ2) is 12.7. The molecule has 3 rings (SSSR count). The normalized spacial score (nSPS) is 10.8. The third-order valence-corrected chi connectivity index (χ3v) is 5.84. The minimum atomic E-state index is -0.798. The average molecular weight is 601 g/mol. The summed E-state index contributed by atoms with van der Waals surface area (Å²) < 4.78 is 16.6. The van der Waals surface area contributed by atoms with E-state index in [0.717, 1.165) is 6.07 Å². The maximum atomic E-state index is 12.7. The largest absolute Gasteiger partial charge is 0.497 e. The minimum Gasteiger partial charge on any atom is -0.497 e. The van der Waals surface area contributed by atoms with E-state index in [9.17, 15) is 25.0 Å². The lowest BCUT2D eigenvalue weighted by Crippen LogP contribution is -2.13. The molecule has 10 nitrogen and oxygen atoms in total. The molecule has 0 aliphatic rings. The second-order valence-electron chi connectivity index (χ2n) is 7.43. The van der Waals surface area contributed by atoms with E-state index < -0.39 is 22.5 Å². The van der Waals surface area contributed by atoms with Crippen LogP contribution in [0.25, 0.3) is 6.08 Å². The Morgan fingerprint density at radius 2 is 1.89 bits per heavy atom. The van der Waals surface area contributed by atoms with Gasteiger partial charge in [0.1, 0.15) is 22.4 Å². The highest BCUT2D eigenvalue weighted by molar-refractivity contribution is 9.10. The first-order chi connectivity index (χ1) is 18.2. The van der Waals surface area contributed by atoms with Gasteiger partial charge in [-0.15, -0.1) is 0 Å². The van der Waals surface area contributed by atoms with Crippen LogP contribution < -0.4 is 19.5 Å². The van der Waals surface area contributed by atoms with Crippen molar-refractivity contribution < 1.29 is 28.7 Å². The van der Waals surface area contributed by atoms with Gasteiger partial charge in [-0.2, -0.15) is 5.26 Å². The van der Waals surface area contributed by atoms with Crippen LogP contribution in [-0.2, 0) is 4.79 Å². The van der Waals surface area contributed by atoms with Crippen LogP contribution in [0.3, 0.4) is 0 Å². The molecule has 0 aliphatic heterocycles. The number of ether oxygens (including phenoxy) is 3. The summed E-state index contributed by atoms with van der Waals surface area (Å²) in [5.41, 5.74) is 0.0783. The molecule has 0 saturated heterocycles. The van der Waals surface area contributed by atoms with Gasteiger partial charge in [0.05, 0.1) is 28.7 Å². The summed E-state index contributed by atoms with van der Waals surface area (Å²) in [7, 11) is 1.51. The van der Waals surface area contributed by atoms with Crippen LogP contribution in [0.5, 0.6) is 17.2 Å². The number of esters is 1. The number of anilines is 1. The second-order valence-corrected chi connectivity index (χ2v) is 8.69. The van der Waals surface area contributed by atoms with Gasteiger partial charge in [0.25, 0.3) is 11.6 Å². The van der Waals surface area contributed by atoms with E-state index >= 15 is 0 Å². The Labute approximate surface area is 230 Å². The van der Waals surface area contributed by atoms with Crippen molar-refractivity contribution >= 4 is 56.9 Å². The highest BCUT2D eigenvalue weighted by atomic mass is 79.9. The standard InChI is InChI=1S/C26H19BrClN3O7/c1-3-37-23-12-15(11-20(27)24(23)38-26(33)16-4-7-19(36-2)8-5-16)10-17(14-29)25(32)30-18-6-9-21(28)22(13-18)31(34)35/h4-13H,3H2,1-2H3,(H,30,32)/b17-10+. The highest BCUT2D eigenvalue weighted by Gasteiger charge is 2.19. The van der Waals surface area contributed by atoms with E-state index in [1.54, 1.807) is 37.3 Å². The lowest BCUT2D eigenvalue weighted by atomic mass is 10.1. The van der Waals surface area contributed by atoms with Crippen molar-refractivity contribution in [1.82, 2.24) is 0 Å². The van der Waals surface area contributed by atoms with Crippen LogP contribution in [0, 0.1) is 21.4 Å². The van der Waals surface area contributed by atoms with Crippen molar-refractivity contribution in [2.45, 2.75) is 6.92 Å². The Morgan fingerprint density at radius 3 is 2.50 bits per heavy atom. The first kappa shape index (κ1) is 28.2. The van der Waals surface area contributed by atoms with Crippen LogP contribution in [-0.4, -0.2) is 30.5 Å². The number of methoxy groups -OCH3 is 1. The molecule has 0 fully saturated rings. The summed E-state index contributed by atoms with van der Waals surface area (Å²) in [6.45, 7) is 1.98. The topological polar surface area (TPSA) is 141 Å². The fourth-order valence-electron chi connectivity index (χ4n) is 3.16. The van der Waals surface area contributed by atoms with E-state index in [4.69, 9.17) is 25.8 Å². The lowest BCUT2D eigenvalue weighted by Gasteiger charge is -2.14. The monoisotopic (exact) mass is 599 g/mol. The zero-order chi connectivity index (χ0) is 27.8. The van der Waals surface area contributed by atoms with Gasteiger partial charge in [-0.1, -0.05) is 11.6 Å². The Balaban J connectivity index is 1.88. The molecule has 0 aliphatic carbocycles. The third kappa shape index (κ3) is 6.88. The zero-order valence-electron chi connectivity index (χ0n) is 20.0. The van der Waals surface area contributed by atoms with Crippen molar-refractivity contribution in [1.29, 1.82) is 5.26 Å². The molecule has 194 valence electrons. The number of hydrogen-bond donors (Lipinski definition) is 1. The van der Waals surface area contributed by atoms with E-state index in [1.165, 1.54) is 37.5 Å². The Morgan fingerprint density at radius 1 is 1.18 bits per heavy atom. The van der Waals surface area contributed by atoms with Gasteiger partial charge in [0.2, 0.25) is 0 Å². The number of nitrogens with one attached hydrogen (secondary N) is 1. The first-order valence-corrected chi connectivity index (χ1v) is 12.0. The molecule has 3 aromatic rings. The third-order valence-electron chi connectivity index (χ3n) is 4.93. The summed E-state index contributed by atoms with van der Waals surface area (Å²) in [5, 5.41) is 23.0. The van der Waals surface area contributed by atoms with Crippen molar-refractivity contribution in [3.63, 3.8) is 0 Å². The number of nitrogens with zero attached hydrogens (tertiary/aromatic N) is 2. The number of nitriles is 1. The van der Waals surface area contributed by atoms with Crippen LogP contribution in [0.1, 0.15) is 22.8 Å². The number of nitro benzene ring substituents is 1. The fourth-order valence-corrected chi connectivity index (χ4v) is 3.88. The molecule has 3 aromatic carbocycles. The molecule has 0 aromatic heterocycles. The fraction of sp³-hybridized carbons (Fsp3) is 0.115. The summed E-state index contributed by atoms with van der Waals surface area (Å²) in [5.74, 6) is -0.539. The van der Waals surface area contributed by atoms with Crippen LogP contribution >= 0.6 is 27.5 Å². The van der Waals surface area contributed by atoms with Gasteiger partial charge in [-0.25, -0.2) is 4.79 Å². The maximum absolute atomic E-state index is 12.7. The van der Waals surface area contributed by atoms with Gasteiger partial charge in [0.15, 0.2) is 11.5 Å². The molecule has 0 saturated carbocycles. The molecule has 12 heteroatoms. The quantitative estimate of drug-likeness (QED) is 0.0766. The van der Waals surface area contributed by atoms with Crippen LogP contribution in [0.15, 0.2) is 64.6 Å². The average Bonchev–Trinajstić information content (AvgIpc) is 2.90. The van der Waals surface area contributed by atoms with Crippen LogP contribution in [0.4, 0.5) is 11.4 Å². The summed E-state index contributed by atoms with van der Waals surface area (Å²) in [6, 6.07) is 14.9. The number of rotatable bonds is 9. The van der Waals surface area contributed by atoms with E-state index in [-0.39, 0.29) is 40.0 Å². The molecule has 0 bridgehead atoms. The van der Waals surface area contributed by atoms with E-state index in [2.05, 4.69) is 21.2 Å². The Bertz CT molecular complexity index is 1470. The molecule has 38 heavy (non-hydrogen) atoms. The molecule has 0 spiro atoms. The summed E-state index contributed by atoms with van der Waals surface area (Å²) >= 11 is 9.16. The molecular formula is C26H19BrClN3O7. The Hall–Kier alpha value is -4.40. The zero-order valence-corrected chi connectivity index (χ0v) is 22.3. The van der Waals surface area contributed by atoms with Crippen molar-refractivity contribution in [3.8, 4) is 23.3 Å². The number of amides is 1. The number of carbonyl (C=O) groups is 2. The molecule has 1 N–H and O–H groups in total. The van der Waals surface area contributed by atoms with Gasteiger partial charge >= 0.3 is 5.97 Å². The molecular weight excluding hydrogens is 582 g/mol.